The van der Waals surface area contributed by atoms with E-state index in [-0.39, 0.29) is 6.61 Å². The van der Waals surface area contributed by atoms with Crippen LogP contribution in [-0.2, 0) is 11.5 Å². The zero-order valence-corrected chi connectivity index (χ0v) is 11.3. The highest BCUT2D eigenvalue weighted by Crippen LogP contribution is 2.13. The molecule has 1 aromatic carbocycles. The van der Waals surface area contributed by atoms with Gasteiger partial charge in [-0.05, 0) is 37.0 Å². The topological polar surface area (TPSA) is 19.9 Å². The molecule has 1 rings (SSSR count). The van der Waals surface area contributed by atoms with Crippen LogP contribution in [0.3, 0.4) is 0 Å². The molecule has 0 atom stereocenters. The molecule has 1 radical (unpaired) electrons. The number of benzene rings is 1. The van der Waals surface area contributed by atoms with E-state index >= 15 is 0 Å². The van der Waals surface area contributed by atoms with Gasteiger partial charge in [-0.15, -0.1) is 0 Å². The quantitative estimate of drug-likeness (QED) is 0.613. The molecule has 0 saturated heterocycles. The molecule has 0 aliphatic rings. The lowest BCUT2D eigenvalue weighted by Gasteiger charge is -2.02. The SMILES string of the molecule is [O]CCCCCCCCc1ccc(Br)cc1. The van der Waals surface area contributed by atoms with Gasteiger partial charge in [0.25, 0.3) is 0 Å². The Morgan fingerprint density at radius 2 is 1.38 bits per heavy atom. The fourth-order valence-corrected chi connectivity index (χ4v) is 2.05. The zero-order chi connectivity index (χ0) is 11.6. The van der Waals surface area contributed by atoms with Crippen molar-refractivity contribution in [3.05, 3.63) is 34.3 Å². The molecule has 0 aliphatic heterocycles. The molecule has 1 aromatic rings. The minimum absolute atomic E-state index is 0.0961. The van der Waals surface area contributed by atoms with Crippen molar-refractivity contribution in [3.8, 4) is 0 Å². The maximum absolute atomic E-state index is 10.2. The Labute approximate surface area is 107 Å². The van der Waals surface area contributed by atoms with Crippen molar-refractivity contribution in [3.63, 3.8) is 0 Å². The first-order chi connectivity index (χ1) is 7.83. The lowest BCUT2D eigenvalue weighted by atomic mass is 10.1. The van der Waals surface area contributed by atoms with Gasteiger partial charge in [-0.3, -0.25) is 0 Å². The average molecular weight is 284 g/mol. The molecule has 2 heteroatoms. The summed E-state index contributed by atoms with van der Waals surface area (Å²) in [7, 11) is 0. The second-order valence-corrected chi connectivity index (χ2v) is 5.12. The van der Waals surface area contributed by atoms with E-state index in [1.54, 1.807) is 0 Å². The van der Waals surface area contributed by atoms with Crippen molar-refractivity contribution in [2.45, 2.75) is 44.9 Å². The normalized spacial score (nSPS) is 10.6. The van der Waals surface area contributed by atoms with Crippen LogP contribution in [0.5, 0.6) is 0 Å². The van der Waals surface area contributed by atoms with Crippen LogP contribution in [0.1, 0.15) is 44.1 Å². The largest absolute Gasteiger partial charge is 0.237 e. The molecule has 0 saturated carbocycles. The summed E-state index contributed by atoms with van der Waals surface area (Å²) < 4.78 is 1.15. The van der Waals surface area contributed by atoms with E-state index in [0.29, 0.717) is 0 Å². The third-order valence-electron chi connectivity index (χ3n) is 2.77. The molecule has 0 amide bonds. The van der Waals surface area contributed by atoms with Crippen LogP contribution >= 0.6 is 15.9 Å². The number of hydrogen-bond donors (Lipinski definition) is 0. The van der Waals surface area contributed by atoms with Gasteiger partial charge in [-0.1, -0.05) is 53.7 Å². The Balaban J connectivity index is 2.01. The van der Waals surface area contributed by atoms with Crippen LogP contribution in [0.25, 0.3) is 0 Å². The minimum Gasteiger partial charge on any atom is -0.237 e. The first kappa shape index (κ1) is 13.7. The van der Waals surface area contributed by atoms with Crippen LogP contribution in [0, 0.1) is 0 Å². The van der Waals surface area contributed by atoms with Gasteiger partial charge in [0.05, 0.1) is 6.61 Å². The lowest BCUT2D eigenvalue weighted by Crippen LogP contribution is -1.86. The van der Waals surface area contributed by atoms with E-state index in [2.05, 4.69) is 40.2 Å². The molecular formula is C14H20BrO. The van der Waals surface area contributed by atoms with E-state index in [1.807, 2.05) is 0 Å². The highest BCUT2D eigenvalue weighted by Gasteiger charge is 1.94. The predicted octanol–water partition coefficient (Wildman–Crippen LogP) is 4.76. The summed E-state index contributed by atoms with van der Waals surface area (Å²) in [6.45, 7) is 0.0961. The summed E-state index contributed by atoms with van der Waals surface area (Å²) in [6.07, 6.45) is 8.19. The first-order valence-corrected chi connectivity index (χ1v) is 6.95. The first-order valence-electron chi connectivity index (χ1n) is 6.15. The van der Waals surface area contributed by atoms with Crippen molar-refractivity contribution in [2.24, 2.45) is 0 Å². The Morgan fingerprint density at radius 1 is 0.812 bits per heavy atom. The van der Waals surface area contributed by atoms with Crippen molar-refractivity contribution >= 4 is 15.9 Å². The van der Waals surface area contributed by atoms with Crippen molar-refractivity contribution in [1.29, 1.82) is 0 Å². The molecule has 0 spiro atoms. The van der Waals surface area contributed by atoms with Gasteiger partial charge in [0, 0.05) is 4.47 Å². The van der Waals surface area contributed by atoms with Crippen LogP contribution < -0.4 is 0 Å². The third-order valence-corrected chi connectivity index (χ3v) is 3.30. The van der Waals surface area contributed by atoms with Crippen LogP contribution in [0.4, 0.5) is 0 Å². The van der Waals surface area contributed by atoms with Gasteiger partial charge in [0.1, 0.15) is 0 Å². The maximum Gasteiger partial charge on any atom is 0.0822 e. The highest BCUT2D eigenvalue weighted by molar-refractivity contribution is 9.10. The standard InChI is InChI=1S/C14H20BrO/c15-14-10-8-13(9-11-14)7-5-3-1-2-4-6-12-16/h8-11H,1-7,12H2. The molecular weight excluding hydrogens is 264 g/mol. The van der Waals surface area contributed by atoms with Gasteiger partial charge < -0.3 is 0 Å². The van der Waals surface area contributed by atoms with Crippen molar-refractivity contribution in [2.75, 3.05) is 6.61 Å². The van der Waals surface area contributed by atoms with Crippen LogP contribution in [-0.4, -0.2) is 6.61 Å². The van der Waals surface area contributed by atoms with Crippen molar-refractivity contribution < 1.29 is 5.11 Å². The maximum atomic E-state index is 10.2. The molecule has 0 N–H and O–H groups in total. The van der Waals surface area contributed by atoms with E-state index in [9.17, 15) is 5.11 Å². The van der Waals surface area contributed by atoms with E-state index < -0.39 is 0 Å². The fraction of sp³-hybridized carbons (Fsp3) is 0.571. The van der Waals surface area contributed by atoms with Crippen LogP contribution in [0.2, 0.25) is 0 Å². The number of aryl methyl sites for hydroxylation is 1. The minimum atomic E-state index is 0.0961. The molecule has 16 heavy (non-hydrogen) atoms. The van der Waals surface area contributed by atoms with Crippen LogP contribution in [0.15, 0.2) is 28.7 Å². The molecule has 0 heterocycles. The summed E-state index contributed by atoms with van der Waals surface area (Å²) in [4.78, 5) is 0. The Hall–Kier alpha value is -0.340. The van der Waals surface area contributed by atoms with Crippen molar-refractivity contribution in [1.82, 2.24) is 0 Å². The van der Waals surface area contributed by atoms with Gasteiger partial charge in [-0.25, -0.2) is 5.11 Å². The summed E-state index contributed by atoms with van der Waals surface area (Å²) in [5.74, 6) is 0. The second-order valence-electron chi connectivity index (χ2n) is 4.20. The Kier molecular flexibility index (Phi) is 7.52. The van der Waals surface area contributed by atoms with E-state index in [0.717, 1.165) is 17.3 Å². The van der Waals surface area contributed by atoms with E-state index in [1.165, 1.54) is 37.7 Å². The zero-order valence-electron chi connectivity index (χ0n) is 9.75. The molecule has 0 unspecified atom stereocenters. The van der Waals surface area contributed by atoms with Gasteiger partial charge >= 0.3 is 0 Å². The summed E-state index contributed by atoms with van der Waals surface area (Å²) in [5, 5.41) is 10.2. The smallest absolute Gasteiger partial charge is 0.0822 e. The third kappa shape index (κ3) is 6.29. The number of rotatable bonds is 8. The number of unbranched alkanes of at least 4 members (excludes halogenated alkanes) is 5. The lowest BCUT2D eigenvalue weighted by molar-refractivity contribution is 0.186. The molecule has 89 valence electrons. The molecule has 0 aromatic heterocycles. The predicted molar refractivity (Wildman–Crippen MR) is 71.1 cm³/mol. The average Bonchev–Trinajstić information content (AvgIpc) is 2.30. The van der Waals surface area contributed by atoms with Gasteiger partial charge in [-0.2, -0.15) is 0 Å². The molecule has 0 fully saturated rings. The summed E-state index contributed by atoms with van der Waals surface area (Å²) >= 11 is 3.44. The number of halogens is 1. The molecule has 0 aliphatic carbocycles. The van der Waals surface area contributed by atoms with Gasteiger partial charge in [0.15, 0.2) is 0 Å². The second kappa shape index (κ2) is 8.77. The Bertz CT molecular complexity index is 269. The highest BCUT2D eigenvalue weighted by atomic mass is 79.9. The number of hydrogen-bond acceptors (Lipinski definition) is 0. The molecule has 1 nitrogen and oxygen atoms in total. The molecule has 0 bridgehead atoms. The Morgan fingerprint density at radius 3 is 2.00 bits per heavy atom. The fourth-order valence-electron chi connectivity index (χ4n) is 1.79. The monoisotopic (exact) mass is 283 g/mol. The summed E-state index contributed by atoms with van der Waals surface area (Å²) in [5.41, 5.74) is 1.42. The summed E-state index contributed by atoms with van der Waals surface area (Å²) in [6, 6.07) is 8.57. The van der Waals surface area contributed by atoms with E-state index in [4.69, 9.17) is 0 Å². The van der Waals surface area contributed by atoms with Gasteiger partial charge in [0.2, 0.25) is 0 Å².